The molecule has 0 bridgehead atoms. The van der Waals surface area contributed by atoms with Gasteiger partial charge in [-0.3, -0.25) is 4.31 Å². The van der Waals surface area contributed by atoms with Gasteiger partial charge in [-0.1, -0.05) is 11.6 Å². The molecule has 0 fully saturated rings. The minimum absolute atomic E-state index is 0.0402. The third-order valence-electron chi connectivity index (χ3n) is 2.65. The molecule has 7 heteroatoms. The van der Waals surface area contributed by atoms with Crippen LogP contribution in [0.25, 0.3) is 0 Å². The van der Waals surface area contributed by atoms with Gasteiger partial charge in [0.05, 0.1) is 11.4 Å². The lowest BCUT2D eigenvalue weighted by Crippen LogP contribution is -2.34. The topological polar surface area (TPSA) is 63.4 Å². The van der Waals surface area contributed by atoms with Crippen LogP contribution in [0.15, 0.2) is 16.6 Å². The van der Waals surface area contributed by atoms with Crippen molar-refractivity contribution in [3.05, 3.63) is 27.2 Å². The summed E-state index contributed by atoms with van der Waals surface area (Å²) >= 11 is 9.29. The molecule has 0 unspecified atom stereocenters. The predicted octanol–water partition coefficient (Wildman–Crippen LogP) is 1.75. The van der Waals surface area contributed by atoms with Crippen LogP contribution in [0.4, 0.5) is 5.69 Å². The van der Waals surface area contributed by atoms with E-state index >= 15 is 0 Å². The van der Waals surface area contributed by atoms with Gasteiger partial charge < -0.3 is 5.73 Å². The summed E-state index contributed by atoms with van der Waals surface area (Å²) in [5, 5.41) is 0.605. The van der Waals surface area contributed by atoms with Crippen molar-refractivity contribution < 1.29 is 8.42 Å². The average Bonchev–Trinajstić information content (AvgIpc) is 2.61. The van der Waals surface area contributed by atoms with Gasteiger partial charge in [-0.05, 0) is 40.0 Å². The van der Waals surface area contributed by atoms with E-state index in [-0.39, 0.29) is 12.3 Å². The molecular formula is C10H12BrClN2O2S. The Bertz CT molecular complexity index is 547. The second-order valence-electron chi connectivity index (χ2n) is 3.82. The van der Waals surface area contributed by atoms with Crippen molar-refractivity contribution in [1.29, 1.82) is 0 Å². The van der Waals surface area contributed by atoms with Crippen molar-refractivity contribution in [1.82, 2.24) is 0 Å². The van der Waals surface area contributed by atoms with Gasteiger partial charge in [-0.2, -0.15) is 0 Å². The Morgan fingerprint density at radius 3 is 2.82 bits per heavy atom. The fraction of sp³-hybridized carbons (Fsp3) is 0.400. The van der Waals surface area contributed by atoms with E-state index < -0.39 is 10.0 Å². The number of hydrogen-bond acceptors (Lipinski definition) is 3. The molecule has 1 aliphatic rings. The van der Waals surface area contributed by atoms with E-state index in [0.717, 1.165) is 5.56 Å². The van der Waals surface area contributed by atoms with E-state index in [0.29, 0.717) is 28.1 Å². The van der Waals surface area contributed by atoms with E-state index in [1.807, 2.05) is 0 Å². The quantitative estimate of drug-likeness (QED) is 0.912. The summed E-state index contributed by atoms with van der Waals surface area (Å²) in [7, 11) is -3.32. The van der Waals surface area contributed by atoms with Crippen LogP contribution in [0, 0.1) is 0 Å². The van der Waals surface area contributed by atoms with Gasteiger partial charge in [-0.25, -0.2) is 8.42 Å². The van der Waals surface area contributed by atoms with Crippen molar-refractivity contribution in [2.75, 3.05) is 23.1 Å². The smallest absolute Gasteiger partial charge is 0.236 e. The van der Waals surface area contributed by atoms with Crippen LogP contribution < -0.4 is 10.0 Å². The second-order valence-corrected chi connectivity index (χ2v) is 7.13. The van der Waals surface area contributed by atoms with Crippen LogP contribution >= 0.6 is 27.5 Å². The average molecular weight is 340 g/mol. The summed E-state index contributed by atoms with van der Waals surface area (Å²) in [5.74, 6) is -0.0402. The van der Waals surface area contributed by atoms with Crippen molar-refractivity contribution in [3.8, 4) is 0 Å². The standard InChI is InChI=1S/C10H12BrClN2O2S/c11-9-6-8(12)5-7-1-3-14(10(7)9)17(15,16)4-2-13/h5-6H,1-4,13H2. The molecule has 0 amide bonds. The van der Waals surface area contributed by atoms with Gasteiger partial charge in [0.2, 0.25) is 10.0 Å². The lowest BCUT2D eigenvalue weighted by Gasteiger charge is -2.20. The minimum Gasteiger partial charge on any atom is -0.329 e. The van der Waals surface area contributed by atoms with E-state index in [1.54, 1.807) is 12.1 Å². The van der Waals surface area contributed by atoms with Crippen LogP contribution in [0.1, 0.15) is 5.56 Å². The van der Waals surface area contributed by atoms with Crippen LogP contribution in [0.3, 0.4) is 0 Å². The molecule has 1 aromatic rings. The van der Waals surface area contributed by atoms with Gasteiger partial charge in [0.15, 0.2) is 0 Å². The van der Waals surface area contributed by atoms with Gasteiger partial charge >= 0.3 is 0 Å². The van der Waals surface area contributed by atoms with Crippen LogP contribution in [0.5, 0.6) is 0 Å². The summed E-state index contributed by atoms with van der Waals surface area (Å²) in [5.41, 5.74) is 6.97. The van der Waals surface area contributed by atoms with Gasteiger partial charge in [-0.15, -0.1) is 0 Å². The predicted molar refractivity (Wildman–Crippen MR) is 73.0 cm³/mol. The van der Waals surface area contributed by atoms with Crippen molar-refractivity contribution in [3.63, 3.8) is 0 Å². The normalized spacial score (nSPS) is 15.1. The number of sulfonamides is 1. The first-order chi connectivity index (χ1) is 7.95. The largest absolute Gasteiger partial charge is 0.329 e. The highest BCUT2D eigenvalue weighted by molar-refractivity contribution is 9.10. The molecule has 0 saturated carbocycles. The first-order valence-corrected chi connectivity index (χ1v) is 7.92. The summed E-state index contributed by atoms with van der Waals surface area (Å²) in [6.45, 7) is 0.579. The molecule has 4 nitrogen and oxygen atoms in total. The summed E-state index contributed by atoms with van der Waals surface area (Å²) in [6.07, 6.45) is 0.679. The fourth-order valence-electron chi connectivity index (χ4n) is 1.96. The molecule has 0 aromatic heterocycles. The number of halogens is 2. The van der Waals surface area contributed by atoms with Crippen molar-refractivity contribution in [2.45, 2.75) is 6.42 Å². The molecule has 0 saturated heterocycles. The minimum atomic E-state index is -3.32. The molecule has 2 N–H and O–H groups in total. The third kappa shape index (κ3) is 2.45. The zero-order chi connectivity index (χ0) is 12.6. The number of nitrogens with zero attached hydrogens (tertiary/aromatic N) is 1. The number of hydrogen-bond donors (Lipinski definition) is 1. The number of rotatable bonds is 3. The van der Waals surface area contributed by atoms with E-state index in [2.05, 4.69) is 15.9 Å². The maximum Gasteiger partial charge on any atom is 0.236 e. The SMILES string of the molecule is NCCS(=O)(=O)N1CCc2cc(Cl)cc(Br)c21. The summed E-state index contributed by atoms with van der Waals surface area (Å²) in [4.78, 5) is 0. The zero-order valence-electron chi connectivity index (χ0n) is 8.99. The van der Waals surface area contributed by atoms with Gasteiger partial charge in [0, 0.05) is 22.6 Å². The van der Waals surface area contributed by atoms with E-state index in [9.17, 15) is 8.42 Å². The van der Waals surface area contributed by atoms with Crippen LogP contribution in [-0.2, 0) is 16.4 Å². The van der Waals surface area contributed by atoms with E-state index in [1.165, 1.54) is 4.31 Å². The number of benzene rings is 1. The third-order valence-corrected chi connectivity index (χ3v) is 5.26. The Labute approximate surface area is 114 Å². The molecule has 94 valence electrons. The lowest BCUT2D eigenvalue weighted by molar-refractivity contribution is 0.592. The van der Waals surface area contributed by atoms with Crippen molar-refractivity contribution in [2.24, 2.45) is 5.73 Å². The van der Waals surface area contributed by atoms with Gasteiger partial charge in [0.25, 0.3) is 0 Å². The molecule has 2 rings (SSSR count). The second kappa shape index (κ2) is 4.76. The number of fused-ring (bicyclic) bond motifs is 1. The molecule has 0 spiro atoms. The monoisotopic (exact) mass is 338 g/mol. The zero-order valence-corrected chi connectivity index (χ0v) is 12.1. The van der Waals surface area contributed by atoms with Gasteiger partial charge in [0.1, 0.15) is 0 Å². The summed E-state index contributed by atoms with van der Waals surface area (Å²) < 4.78 is 26.2. The Hall–Kier alpha value is -0.300. The maximum absolute atomic E-state index is 12.0. The Morgan fingerprint density at radius 1 is 1.47 bits per heavy atom. The molecule has 1 aliphatic heterocycles. The molecule has 1 heterocycles. The molecule has 1 aromatic carbocycles. The lowest BCUT2D eigenvalue weighted by atomic mass is 10.2. The highest BCUT2D eigenvalue weighted by Crippen LogP contribution is 2.39. The number of anilines is 1. The summed E-state index contributed by atoms with van der Waals surface area (Å²) in [6, 6.07) is 3.51. The Kier molecular flexibility index (Phi) is 3.68. The van der Waals surface area contributed by atoms with Crippen LogP contribution in [-0.4, -0.2) is 27.3 Å². The first-order valence-electron chi connectivity index (χ1n) is 5.14. The number of nitrogens with two attached hydrogens (primary N) is 1. The Morgan fingerprint density at radius 2 is 2.18 bits per heavy atom. The highest BCUT2D eigenvalue weighted by Gasteiger charge is 2.30. The molecule has 0 atom stereocenters. The van der Waals surface area contributed by atoms with E-state index in [4.69, 9.17) is 17.3 Å². The van der Waals surface area contributed by atoms with Crippen molar-refractivity contribution >= 4 is 43.2 Å². The fourth-order valence-corrected chi connectivity index (χ4v) is 4.55. The van der Waals surface area contributed by atoms with Crippen LogP contribution in [0.2, 0.25) is 5.02 Å². The Balaban J connectivity index is 2.47. The first kappa shape index (κ1) is 13.1. The maximum atomic E-state index is 12.0. The molecule has 0 aliphatic carbocycles. The molecule has 0 radical (unpaired) electrons. The molecular weight excluding hydrogens is 328 g/mol. The molecule has 17 heavy (non-hydrogen) atoms. The highest BCUT2D eigenvalue weighted by atomic mass is 79.9.